The molecule has 1 atom stereocenters. The van der Waals surface area contributed by atoms with Crippen LogP contribution in [0.15, 0.2) is 48.9 Å². The first-order valence-electron chi connectivity index (χ1n) is 9.48. The maximum absolute atomic E-state index is 12.5. The summed E-state index contributed by atoms with van der Waals surface area (Å²) in [6.07, 6.45) is 7.39. The van der Waals surface area contributed by atoms with E-state index in [0.717, 1.165) is 19.3 Å². The molecule has 1 heterocycles. The molecule has 6 nitrogen and oxygen atoms in total. The normalized spacial score (nSPS) is 11.6. The van der Waals surface area contributed by atoms with E-state index in [1.807, 2.05) is 32.0 Å². The molecule has 6 heteroatoms. The zero-order valence-electron chi connectivity index (χ0n) is 16.1. The molecular weight excluding hydrogens is 340 g/mol. The summed E-state index contributed by atoms with van der Waals surface area (Å²) in [6.45, 7) is 4.98. The predicted octanol–water partition coefficient (Wildman–Crippen LogP) is 2.86. The minimum absolute atomic E-state index is 0.0383. The summed E-state index contributed by atoms with van der Waals surface area (Å²) in [5, 5.41) is 3.02. The number of benzene rings is 1. The smallest absolute Gasteiger partial charge is 0.274 e. The van der Waals surface area contributed by atoms with Crippen molar-refractivity contribution in [3.8, 4) is 0 Å². The van der Waals surface area contributed by atoms with Gasteiger partial charge in [-0.2, -0.15) is 0 Å². The molecule has 0 saturated heterocycles. The van der Waals surface area contributed by atoms with Crippen LogP contribution in [0.3, 0.4) is 0 Å². The molecule has 0 aliphatic carbocycles. The third-order valence-corrected chi connectivity index (χ3v) is 4.29. The molecule has 2 amide bonds. The van der Waals surface area contributed by atoms with Gasteiger partial charge in [0.2, 0.25) is 5.91 Å². The van der Waals surface area contributed by atoms with E-state index in [1.54, 1.807) is 4.90 Å². The van der Waals surface area contributed by atoms with Crippen molar-refractivity contribution in [3.63, 3.8) is 0 Å². The first-order valence-corrected chi connectivity index (χ1v) is 9.48. The fraction of sp³-hybridized carbons (Fsp3) is 0.429. The zero-order chi connectivity index (χ0) is 19.5. The molecule has 0 aliphatic rings. The fourth-order valence-corrected chi connectivity index (χ4v) is 2.84. The van der Waals surface area contributed by atoms with Crippen molar-refractivity contribution in [2.45, 2.75) is 45.6 Å². The lowest BCUT2D eigenvalue weighted by molar-refractivity contribution is -0.121. The number of amides is 2. The van der Waals surface area contributed by atoms with Gasteiger partial charge in [0.25, 0.3) is 5.91 Å². The van der Waals surface area contributed by atoms with Crippen LogP contribution in [-0.2, 0) is 11.2 Å². The van der Waals surface area contributed by atoms with Gasteiger partial charge >= 0.3 is 0 Å². The molecule has 0 saturated carbocycles. The van der Waals surface area contributed by atoms with Crippen LogP contribution in [0, 0.1) is 0 Å². The van der Waals surface area contributed by atoms with E-state index in [-0.39, 0.29) is 24.3 Å². The number of carbonyl (C=O) groups is 2. The monoisotopic (exact) mass is 368 g/mol. The fourth-order valence-electron chi connectivity index (χ4n) is 2.84. The average molecular weight is 368 g/mol. The molecule has 2 rings (SSSR count). The predicted molar refractivity (Wildman–Crippen MR) is 105 cm³/mol. The van der Waals surface area contributed by atoms with E-state index in [4.69, 9.17) is 0 Å². The lowest BCUT2D eigenvalue weighted by Crippen LogP contribution is -2.38. The van der Waals surface area contributed by atoms with Gasteiger partial charge in [-0.25, -0.2) is 4.98 Å². The number of hydrogen-bond acceptors (Lipinski definition) is 4. The first kappa shape index (κ1) is 20.6. The molecular formula is C21H28N4O2. The highest BCUT2D eigenvalue weighted by molar-refractivity contribution is 5.92. The van der Waals surface area contributed by atoms with Crippen molar-refractivity contribution in [2.75, 3.05) is 13.1 Å². The number of carbonyl (C=O) groups excluding carboxylic acids is 2. The summed E-state index contributed by atoms with van der Waals surface area (Å²) in [5.41, 5.74) is 1.57. The van der Waals surface area contributed by atoms with Gasteiger partial charge in [0.1, 0.15) is 5.69 Å². The largest absolute Gasteiger partial charge is 0.354 e. The van der Waals surface area contributed by atoms with Crippen LogP contribution in [0.25, 0.3) is 0 Å². The maximum atomic E-state index is 12.5. The summed E-state index contributed by atoms with van der Waals surface area (Å²) < 4.78 is 0. The summed E-state index contributed by atoms with van der Waals surface area (Å²) in [4.78, 5) is 34.4. The Kier molecular flexibility index (Phi) is 8.42. The molecule has 0 aliphatic heterocycles. The van der Waals surface area contributed by atoms with Crippen LogP contribution < -0.4 is 5.32 Å². The summed E-state index contributed by atoms with van der Waals surface area (Å²) in [5.74, 6) is -0.224. The van der Waals surface area contributed by atoms with Gasteiger partial charge in [-0.05, 0) is 31.7 Å². The van der Waals surface area contributed by atoms with Crippen LogP contribution in [-0.4, -0.2) is 45.8 Å². The second-order valence-corrected chi connectivity index (χ2v) is 6.63. The van der Waals surface area contributed by atoms with Gasteiger partial charge in [0.05, 0.1) is 6.20 Å². The van der Waals surface area contributed by atoms with Crippen molar-refractivity contribution in [2.24, 2.45) is 0 Å². The third-order valence-electron chi connectivity index (χ3n) is 4.29. The topological polar surface area (TPSA) is 75.2 Å². The van der Waals surface area contributed by atoms with Crippen molar-refractivity contribution >= 4 is 11.8 Å². The second kappa shape index (κ2) is 11.1. The van der Waals surface area contributed by atoms with Crippen molar-refractivity contribution < 1.29 is 9.59 Å². The van der Waals surface area contributed by atoms with Crippen molar-refractivity contribution in [3.05, 3.63) is 60.2 Å². The maximum Gasteiger partial charge on any atom is 0.274 e. The highest BCUT2D eigenvalue weighted by Crippen LogP contribution is 2.06. The minimum atomic E-state index is -0.185. The Balaban J connectivity index is 1.78. The van der Waals surface area contributed by atoms with Crippen LogP contribution in [0.1, 0.15) is 49.2 Å². The van der Waals surface area contributed by atoms with Gasteiger partial charge in [-0.1, -0.05) is 37.3 Å². The number of rotatable bonds is 10. The van der Waals surface area contributed by atoms with Crippen molar-refractivity contribution in [1.29, 1.82) is 0 Å². The molecule has 0 spiro atoms. The van der Waals surface area contributed by atoms with Crippen LogP contribution in [0.5, 0.6) is 0 Å². The number of nitrogens with one attached hydrogen (secondary N) is 1. The molecule has 144 valence electrons. The standard InChI is InChI=1S/C21H28N4O2/c1-3-14-25(21(27)19-16-22-12-13-23-19)15-11-20(26)24-17(2)9-10-18-7-5-4-6-8-18/h4-8,12-13,16-17H,3,9-11,14-15H2,1-2H3,(H,24,26). The second-order valence-electron chi connectivity index (χ2n) is 6.63. The molecule has 1 aromatic heterocycles. The number of hydrogen-bond donors (Lipinski definition) is 1. The Bertz CT molecular complexity index is 707. The zero-order valence-corrected chi connectivity index (χ0v) is 16.1. The average Bonchev–Trinajstić information content (AvgIpc) is 2.70. The summed E-state index contributed by atoms with van der Waals surface area (Å²) in [6, 6.07) is 10.3. The highest BCUT2D eigenvalue weighted by atomic mass is 16.2. The van der Waals surface area contributed by atoms with Gasteiger partial charge in [-0.15, -0.1) is 0 Å². The molecule has 0 bridgehead atoms. The van der Waals surface area contributed by atoms with Crippen LogP contribution >= 0.6 is 0 Å². The molecule has 1 aromatic carbocycles. The van der Waals surface area contributed by atoms with Gasteiger partial charge in [0.15, 0.2) is 0 Å². The highest BCUT2D eigenvalue weighted by Gasteiger charge is 2.18. The quantitative estimate of drug-likeness (QED) is 0.700. The first-order chi connectivity index (χ1) is 13.1. The Morgan fingerprint density at radius 3 is 2.59 bits per heavy atom. The summed E-state index contributed by atoms with van der Waals surface area (Å²) in [7, 11) is 0. The molecule has 2 aromatic rings. The van der Waals surface area contributed by atoms with Gasteiger partial charge in [0, 0.05) is 37.9 Å². The minimum Gasteiger partial charge on any atom is -0.354 e. The number of aromatic nitrogens is 2. The Hall–Kier alpha value is -2.76. The SMILES string of the molecule is CCCN(CCC(=O)NC(C)CCc1ccccc1)C(=O)c1cnccn1. The Labute approximate surface area is 161 Å². The van der Waals surface area contributed by atoms with Crippen molar-refractivity contribution in [1.82, 2.24) is 20.2 Å². The molecule has 27 heavy (non-hydrogen) atoms. The van der Waals surface area contributed by atoms with Gasteiger partial charge in [-0.3, -0.25) is 14.6 Å². The summed E-state index contributed by atoms with van der Waals surface area (Å²) >= 11 is 0. The number of nitrogens with zero attached hydrogens (tertiary/aromatic N) is 3. The Morgan fingerprint density at radius 1 is 1.15 bits per heavy atom. The van der Waals surface area contributed by atoms with E-state index in [9.17, 15) is 9.59 Å². The number of aryl methyl sites for hydroxylation is 1. The van der Waals surface area contributed by atoms with E-state index in [2.05, 4.69) is 27.4 Å². The van der Waals surface area contributed by atoms with Crippen LogP contribution in [0.2, 0.25) is 0 Å². The van der Waals surface area contributed by atoms with E-state index in [0.29, 0.717) is 18.8 Å². The van der Waals surface area contributed by atoms with Crippen LogP contribution in [0.4, 0.5) is 0 Å². The van der Waals surface area contributed by atoms with E-state index >= 15 is 0 Å². The molecule has 1 N–H and O–H groups in total. The van der Waals surface area contributed by atoms with Gasteiger partial charge < -0.3 is 10.2 Å². The van der Waals surface area contributed by atoms with E-state index < -0.39 is 0 Å². The lowest BCUT2D eigenvalue weighted by Gasteiger charge is -2.22. The molecule has 0 fully saturated rings. The van der Waals surface area contributed by atoms with E-state index in [1.165, 1.54) is 24.2 Å². The molecule has 1 unspecified atom stereocenters. The third kappa shape index (κ3) is 7.17. The lowest BCUT2D eigenvalue weighted by atomic mass is 10.1. The molecule has 0 radical (unpaired) electrons. The Morgan fingerprint density at radius 2 is 1.93 bits per heavy atom.